The molecule has 0 saturated heterocycles. The minimum absolute atomic E-state index is 0.192. The number of primary amides is 1. The highest BCUT2D eigenvalue weighted by atomic mass is 16.4. The van der Waals surface area contributed by atoms with Gasteiger partial charge in [0, 0.05) is 25.1 Å². The number of nitrogens with two attached hydrogens (primary N) is 1. The zero-order valence-electron chi connectivity index (χ0n) is 25.0. The maximum absolute atomic E-state index is 12.5. The number of hydrogen-bond acceptors (Lipinski definition) is 4. The van der Waals surface area contributed by atoms with Gasteiger partial charge in [0.05, 0.1) is 0 Å². The van der Waals surface area contributed by atoms with Gasteiger partial charge in [0.25, 0.3) is 0 Å². The first kappa shape index (κ1) is 33.0. The molecule has 0 spiro atoms. The molecule has 0 heterocycles. The third-order valence-electron chi connectivity index (χ3n) is 7.28. The van der Waals surface area contributed by atoms with Gasteiger partial charge in [-0.05, 0) is 80.7 Å². The largest absolute Gasteiger partial charge is 0.479 e. The van der Waals surface area contributed by atoms with Crippen LogP contribution in [0.1, 0.15) is 79.2 Å². The third kappa shape index (κ3) is 9.74. The lowest BCUT2D eigenvalue weighted by atomic mass is 9.72. The second kappa shape index (κ2) is 14.4. The number of nitrogens with one attached hydrogen (secondary N) is 2. The molecule has 41 heavy (non-hydrogen) atoms. The van der Waals surface area contributed by atoms with E-state index in [9.17, 15) is 24.3 Å². The number of amides is 3. The molecule has 8 nitrogen and oxygen atoms in total. The van der Waals surface area contributed by atoms with Crippen molar-refractivity contribution in [2.75, 3.05) is 5.32 Å². The molecule has 1 unspecified atom stereocenters. The Balaban J connectivity index is 2.08. The molecule has 8 heteroatoms. The highest BCUT2D eigenvalue weighted by Crippen LogP contribution is 2.40. The molecular weight excluding hydrogens is 518 g/mol. The number of hydrogen-bond donors (Lipinski definition) is 4. The zero-order valence-corrected chi connectivity index (χ0v) is 25.0. The van der Waals surface area contributed by atoms with Crippen molar-refractivity contribution in [1.82, 2.24) is 5.32 Å². The maximum Gasteiger partial charge on any atom is 0.334 e. The summed E-state index contributed by atoms with van der Waals surface area (Å²) < 4.78 is 0. The van der Waals surface area contributed by atoms with Crippen LogP contribution in [0.25, 0.3) is 0 Å². The third-order valence-corrected chi connectivity index (χ3v) is 7.28. The van der Waals surface area contributed by atoms with E-state index in [0.29, 0.717) is 5.69 Å². The van der Waals surface area contributed by atoms with Crippen LogP contribution < -0.4 is 16.4 Å². The number of rotatable bonds is 12. The molecule has 1 aliphatic rings. The number of carbonyl (C=O) groups excluding carboxylic acids is 3. The fourth-order valence-corrected chi connectivity index (χ4v) is 5.08. The van der Waals surface area contributed by atoms with Crippen LogP contribution in [0.15, 0.2) is 83.0 Å². The summed E-state index contributed by atoms with van der Waals surface area (Å²) in [4.78, 5) is 47.8. The van der Waals surface area contributed by atoms with Gasteiger partial charge in [0.2, 0.25) is 17.7 Å². The topological polar surface area (TPSA) is 139 Å². The Morgan fingerprint density at radius 3 is 2.27 bits per heavy atom. The molecule has 1 aromatic carbocycles. The summed E-state index contributed by atoms with van der Waals surface area (Å²) in [6, 6.07) is 6.06. The summed E-state index contributed by atoms with van der Waals surface area (Å²) in [5, 5.41) is 15.1. The van der Waals surface area contributed by atoms with Crippen molar-refractivity contribution in [3.8, 4) is 0 Å². The number of allylic oxidation sites excluding steroid dienone is 9. The summed E-state index contributed by atoms with van der Waals surface area (Å²) in [5.41, 5.74) is 9.01. The van der Waals surface area contributed by atoms with E-state index in [0.717, 1.165) is 17.6 Å². The quantitative estimate of drug-likeness (QED) is 0.188. The Bertz CT molecular complexity index is 1310. The Labute approximate surface area is 243 Å². The molecule has 1 aromatic rings. The molecular formula is C33H43N3O5. The first-order valence-electron chi connectivity index (χ1n) is 13.8. The molecule has 1 atom stereocenters. The van der Waals surface area contributed by atoms with Crippen LogP contribution in [0.4, 0.5) is 5.69 Å². The molecule has 0 saturated carbocycles. The Kier molecular flexibility index (Phi) is 11.6. The Morgan fingerprint density at radius 1 is 1.05 bits per heavy atom. The number of carbonyl (C=O) groups is 4. The van der Waals surface area contributed by atoms with Crippen LogP contribution in [-0.2, 0) is 24.7 Å². The molecule has 0 bridgehead atoms. The van der Waals surface area contributed by atoms with Gasteiger partial charge in [0.1, 0.15) is 0 Å². The molecule has 220 valence electrons. The van der Waals surface area contributed by atoms with Crippen LogP contribution in [0, 0.1) is 5.41 Å². The van der Waals surface area contributed by atoms with E-state index in [2.05, 4.69) is 43.6 Å². The van der Waals surface area contributed by atoms with Crippen LogP contribution in [0.5, 0.6) is 0 Å². The summed E-state index contributed by atoms with van der Waals surface area (Å²) in [7, 11) is 0. The lowest BCUT2D eigenvalue weighted by Crippen LogP contribution is -2.51. The van der Waals surface area contributed by atoms with Gasteiger partial charge in [-0.15, -0.1) is 0 Å². The predicted molar refractivity (Wildman–Crippen MR) is 163 cm³/mol. The highest BCUT2D eigenvalue weighted by molar-refractivity contribution is 6.00. The van der Waals surface area contributed by atoms with E-state index >= 15 is 0 Å². The summed E-state index contributed by atoms with van der Waals surface area (Å²) >= 11 is 0. The van der Waals surface area contributed by atoms with E-state index in [-0.39, 0.29) is 29.7 Å². The second-order valence-electron chi connectivity index (χ2n) is 11.3. The maximum atomic E-state index is 12.5. The molecule has 5 N–H and O–H groups in total. The van der Waals surface area contributed by atoms with Crippen molar-refractivity contribution < 1.29 is 24.3 Å². The van der Waals surface area contributed by atoms with Crippen molar-refractivity contribution >= 4 is 29.4 Å². The van der Waals surface area contributed by atoms with Crippen LogP contribution in [0.3, 0.4) is 0 Å². The fourth-order valence-electron chi connectivity index (χ4n) is 5.08. The zero-order chi connectivity index (χ0) is 30.8. The number of anilines is 1. The molecule has 0 aromatic heterocycles. The molecule has 0 aliphatic heterocycles. The average molecular weight is 562 g/mol. The number of carboxylic acids is 1. The normalized spacial score (nSPS) is 17.4. The van der Waals surface area contributed by atoms with Crippen molar-refractivity contribution in [3.05, 3.63) is 88.6 Å². The smallest absolute Gasteiger partial charge is 0.334 e. The van der Waals surface area contributed by atoms with E-state index < -0.39 is 23.3 Å². The van der Waals surface area contributed by atoms with Crippen molar-refractivity contribution in [1.29, 1.82) is 0 Å². The lowest BCUT2D eigenvalue weighted by Gasteiger charge is -2.32. The minimum Gasteiger partial charge on any atom is -0.479 e. The number of aliphatic carboxylic acids is 1. The first-order valence-corrected chi connectivity index (χ1v) is 13.8. The van der Waals surface area contributed by atoms with Gasteiger partial charge in [-0.3, -0.25) is 14.4 Å². The van der Waals surface area contributed by atoms with Crippen molar-refractivity contribution in [3.63, 3.8) is 0 Å². The Hall–Kier alpha value is -4.20. The van der Waals surface area contributed by atoms with Crippen molar-refractivity contribution in [2.45, 2.75) is 79.2 Å². The van der Waals surface area contributed by atoms with Gasteiger partial charge in [-0.2, -0.15) is 0 Å². The summed E-state index contributed by atoms with van der Waals surface area (Å²) in [6.45, 7) is 11.9. The van der Waals surface area contributed by atoms with Gasteiger partial charge in [0.15, 0.2) is 5.54 Å². The molecule has 0 fully saturated rings. The van der Waals surface area contributed by atoms with Gasteiger partial charge in [-0.1, -0.05) is 67.5 Å². The van der Waals surface area contributed by atoms with E-state index in [1.807, 2.05) is 32.1 Å². The lowest BCUT2D eigenvalue weighted by molar-refractivity contribution is -0.148. The number of carboxylic acid groups (broad SMARTS) is 1. The standard InChI is InChI=1S/C33H43N3O5/c1-22(12-17-28-24(3)11-8-19-32(28,5)6)9-7-10-23(2)21-30(39)35-27-15-13-26(14-16-27)33(31(40)41,36-25(4)37)20-18-29(34)38/h7,9-10,12-17,21H,8,11,18-20H2,1-6H3,(H2,34,38)(H,35,39)(H,36,37)(H,40,41)/b10-7+,17-12+,22-9+,23-21+. The molecule has 0 radical (unpaired) electrons. The van der Waals surface area contributed by atoms with Crippen LogP contribution in [-0.4, -0.2) is 28.8 Å². The first-order chi connectivity index (χ1) is 19.2. The summed E-state index contributed by atoms with van der Waals surface area (Å²) in [5.74, 6) is -2.91. The second-order valence-corrected chi connectivity index (χ2v) is 11.3. The molecule has 1 aliphatic carbocycles. The average Bonchev–Trinajstić information content (AvgIpc) is 2.85. The van der Waals surface area contributed by atoms with Crippen LogP contribution in [0.2, 0.25) is 0 Å². The minimum atomic E-state index is -1.83. The van der Waals surface area contributed by atoms with E-state index in [1.54, 1.807) is 12.1 Å². The van der Waals surface area contributed by atoms with E-state index in [4.69, 9.17) is 5.73 Å². The predicted octanol–water partition coefficient (Wildman–Crippen LogP) is 5.84. The van der Waals surface area contributed by atoms with Crippen molar-refractivity contribution in [2.24, 2.45) is 11.1 Å². The number of benzene rings is 1. The van der Waals surface area contributed by atoms with Gasteiger partial charge < -0.3 is 21.5 Å². The fraction of sp³-hybridized carbons (Fsp3) is 0.394. The summed E-state index contributed by atoms with van der Waals surface area (Å²) in [6.07, 6.45) is 14.7. The highest BCUT2D eigenvalue weighted by Gasteiger charge is 2.41. The van der Waals surface area contributed by atoms with Gasteiger partial charge in [-0.25, -0.2) is 4.79 Å². The van der Waals surface area contributed by atoms with E-state index in [1.165, 1.54) is 49.1 Å². The van der Waals surface area contributed by atoms with Gasteiger partial charge >= 0.3 is 5.97 Å². The van der Waals surface area contributed by atoms with Crippen LogP contribution >= 0.6 is 0 Å². The molecule has 2 rings (SSSR count). The Morgan fingerprint density at radius 2 is 1.71 bits per heavy atom. The molecule has 3 amide bonds. The SMILES string of the molecule is CC(=O)NC(CCC(N)=O)(C(=O)O)c1ccc(NC(=O)/C=C(C)/C=C/C=C(C)/C=C/C2=C(C)CCCC2(C)C)cc1. The monoisotopic (exact) mass is 561 g/mol.